The van der Waals surface area contributed by atoms with Crippen LogP contribution in [0.4, 0.5) is 0 Å². The van der Waals surface area contributed by atoms with Gasteiger partial charge in [0.1, 0.15) is 0 Å². The van der Waals surface area contributed by atoms with E-state index in [4.69, 9.17) is 4.74 Å². The highest BCUT2D eigenvalue weighted by atomic mass is 16.5. The van der Waals surface area contributed by atoms with Crippen molar-refractivity contribution in [3.05, 3.63) is 90.0 Å². The van der Waals surface area contributed by atoms with Crippen molar-refractivity contribution >= 4 is 6.08 Å². The number of aryl methyl sites for hydroxylation is 2. The van der Waals surface area contributed by atoms with E-state index in [-0.39, 0.29) is 0 Å². The second-order valence-electron chi connectivity index (χ2n) is 5.39. The molecule has 1 nitrogen and oxygen atoms in total. The van der Waals surface area contributed by atoms with Crippen LogP contribution in [0, 0.1) is 0 Å². The molecule has 0 atom stereocenters. The van der Waals surface area contributed by atoms with Gasteiger partial charge in [-0.1, -0.05) is 67.3 Å². The molecule has 2 rings (SSSR count). The summed E-state index contributed by atoms with van der Waals surface area (Å²) < 4.78 is 5.57. The molecule has 0 bridgehead atoms. The summed E-state index contributed by atoms with van der Waals surface area (Å²) in [6.45, 7) is 8.89. The molecule has 0 amide bonds. The first kappa shape index (κ1) is 16.3. The summed E-state index contributed by atoms with van der Waals surface area (Å²) in [5, 5.41) is 0. The first-order valence-electron chi connectivity index (χ1n) is 7.79. The first-order valence-corrected chi connectivity index (χ1v) is 7.79. The van der Waals surface area contributed by atoms with Crippen molar-refractivity contribution in [1.82, 2.24) is 0 Å². The summed E-state index contributed by atoms with van der Waals surface area (Å²) in [7, 11) is 0. The van der Waals surface area contributed by atoms with Crippen LogP contribution in [0.1, 0.15) is 28.7 Å². The Morgan fingerprint density at radius 2 is 1.32 bits per heavy atom. The standard InChI is InChI=1S/C21H24O/c1-3-5-16-22-17-21-14-12-20(13-15-21)11-10-19-8-6-18(4-2)7-9-19/h3-4,6-9,12-15H,1-2,5,10-11,16-17H2. The number of rotatable bonds is 9. The van der Waals surface area contributed by atoms with Gasteiger partial charge in [-0.3, -0.25) is 0 Å². The summed E-state index contributed by atoms with van der Waals surface area (Å²) in [5.41, 5.74) is 5.12. The second kappa shape index (κ2) is 9.01. The predicted octanol–water partition coefficient (Wildman–Crippen LogP) is 5.21. The lowest BCUT2D eigenvalue weighted by Gasteiger charge is -2.06. The number of hydrogen-bond donors (Lipinski definition) is 0. The number of benzene rings is 2. The molecule has 0 aliphatic carbocycles. The molecule has 2 aromatic rings. The monoisotopic (exact) mass is 292 g/mol. The average molecular weight is 292 g/mol. The Morgan fingerprint density at radius 3 is 1.86 bits per heavy atom. The maximum Gasteiger partial charge on any atom is 0.0717 e. The lowest BCUT2D eigenvalue weighted by Crippen LogP contribution is -1.95. The van der Waals surface area contributed by atoms with Gasteiger partial charge in [0.15, 0.2) is 0 Å². The molecule has 0 aromatic heterocycles. The third kappa shape index (κ3) is 5.34. The van der Waals surface area contributed by atoms with E-state index in [1.807, 2.05) is 12.2 Å². The van der Waals surface area contributed by atoms with E-state index in [0.29, 0.717) is 6.61 Å². The largest absolute Gasteiger partial charge is 0.376 e. The van der Waals surface area contributed by atoms with Gasteiger partial charge in [-0.15, -0.1) is 6.58 Å². The Bertz CT molecular complexity index is 578. The van der Waals surface area contributed by atoms with Crippen LogP contribution >= 0.6 is 0 Å². The molecule has 0 aliphatic rings. The van der Waals surface area contributed by atoms with Crippen molar-refractivity contribution in [2.24, 2.45) is 0 Å². The molecule has 0 saturated carbocycles. The highest BCUT2D eigenvalue weighted by Crippen LogP contribution is 2.11. The molecule has 2 aromatic carbocycles. The molecule has 0 radical (unpaired) electrons. The topological polar surface area (TPSA) is 9.23 Å². The van der Waals surface area contributed by atoms with E-state index < -0.39 is 0 Å². The normalized spacial score (nSPS) is 10.4. The van der Waals surface area contributed by atoms with Crippen molar-refractivity contribution in [2.75, 3.05) is 6.61 Å². The van der Waals surface area contributed by atoms with Crippen molar-refractivity contribution in [3.8, 4) is 0 Å². The Balaban J connectivity index is 1.80. The van der Waals surface area contributed by atoms with Crippen molar-refractivity contribution in [1.29, 1.82) is 0 Å². The minimum absolute atomic E-state index is 0.678. The van der Waals surface area contributed by atoms with Crippen LogP contribution in [0.15, 0.2) is 67.8 Å². The van der Waals surface area contributed by atoms with E-state index in [1.165, 1.54) is 22.3 Å². The van der Waals surface area contributed by atoms with Crippen LogP contribution in [0.2, 0.25) is 0 Å². The molecule has 0 unspecified atom stereocenters. The third-order valence-corrected chi connectivity index (χ3v) is 3.68. The van der Waals surface area contributed by atoms with Gasteiger partial charge in [0.25, 0.3) is 0 Å². The van der Waals surface area contributed by atoms with Crippen LogP contribution in [0.25, 0.3) is 6.08 Å². The quantitative estimate of drug-likeness (QED) is 0.455. The van der Waals surface area contributed by atoms with Gasteiger partial charge in [0.2, 0.25) is 0 Å². The van der Waals surface area contributed by atoms with Gasteiger partial charge in [0.05, 0.1) is 13.2 Å². The van der Waals surface area contributed by atoms with Crippen LogP contribution in [-0.4, -0.2) is 6.61 Å². The molecule has 0 saturated heterocycles. The van der Waals surface area contributed by atoms with E-state index in [1.54, 1.807) is 0 Å². The highest BCUT2D eigenvalue weighted by Gasteiger charge is 1.98. The smallest absolute Gasteiger partial charge is 0.0717 e. The summed E-state index contributed by atoms with van der Waals surface area (Å²) in [6, 6.07) is 17.3. The molecule has 0 spiro atoms. The van der Waals surface area contributed by atoms with Gasteiger partial charge in [-0.05, 0) is 41.5 Å². The Labute approximate surface area is 134 Å². The fourth-order valence-electron chi connectivity index (χ4n) is 2.27. The number of ether oxygens (including phenoxy) is 1. The van der Waals surface area contributed by atoms with Crippen LogP contribution in [-0.2, 0) is 24.2 Å². The van der Waals surface area contributed by atoms with Crippen molar-refractivity contribution < 1.29 is 4.74 Å². The Kier molecular flexibility index (Phi) is 6.66. The van der Waals surface area contributed by atoms with Crippen molar-refractivity contribution in [2.45, 2.75) is 25.9 Å². The maximum absolute atomic E-state index is 5.57. The van der Waals surface area contributed by atoms with Crippen molar-refractivity contribution in [3.63, 3.8) is 0 Å². The van der Waals surface area contributed by atoms with Gasteiger partial charge in [-0.25, -0.2) is 0 Å². The molecule has 1 heteroatoms. The van der Waals surface area contributed by atoms with Gasteiger partial charge in [0, 0.05) is 0 Å². The zero-order valence-electron chi connectivity index (χ0n) is 13.1. The molecule has 114 valence electrons. The lowest BCUT2D eigenvalue weighted by atomic mass is 10.0. The fraction of sp³-hybridized carbons (Fsp3) is 0.238. The SMILES string of the molecule is C=CCCOCc1ccc(CCc2ccc(C=C)cc2)cc1. The van der Waals surface area contributed by atoms with Gasteiger partial charge < -0.3 is 4.74 Å². The van der Waals surface area contributed by atoms with E-state index in [2.05, 4.69) is 61.7 Å². The molecular formula is C21H24O. The fourth-order valence-corrected chi connectivity index (χ4v) is 2.27. The molecule has 0 aliphatic heterocycles. The third-order valence-electron chi connectivity index (χ3n) is 3.68. The molecule has 22 heavy (non-hydrogen) atoms. The Morgan fingerprint density at radius 1 is 0.773 bits per heavy atom. The minimum Gasteiger partial charge on any atom is -0.376 e. The summed E-state index contributed by atoms with van der Waals surface area (Å²) in [6.07, 6.45) is 6.78. The van der Waals surface area contributed by atoms with Crippen LogP contribution in [0.5, 0.6) is 0 Å². The van der Waals surface area contributed by atoms with Gasteiger partial charge >= 0.3 is 0 Å². The van der Waals surface area contributed by atoms with Gasteiger partial charge in [-0.2, -0.15) is 0 Å². The maximum atomic E-state index is 5.57. The van der Waals surface area contributed by atoms with E-state index in [9.17, 15) is 0 Å². The summed E-state index contributed by atoms with van der Waals surface area (Å²) in [4.78, 5) is 0. The zero-order valence-corrected chi connectivity index (χ0v) is 13.1. The average Bonchev–Trinajstić information content (AvgIpc) is 2.58. The summed E-state index contributed by atoms with van der Waals surface area (Å²) >= 11 is 0. The highest BCUT2D eigenvalue weighted by molar-refractivity contribution is 5.47. The molecular weight excluding hydrogens is 268 g/mol. The molecule has 0 fully saturated rings. The van der Waals surface area contributed by atoms with Crippen LogP contribution in [0.3, 0.4) is 0 Å². The number of hydrogen-bond acceptors (Lipinski definition) is 1. The predicted molar refractivity (Wildman–Crippen MR) is 94.9 cm³/mol. The van der Waals surface area contributed by atoms with Crippen LogP contribution < -0.4 is 0 Å². The molecule has 0 N–H and O–H groups in total. The summed E-state index contributed by atoms with van der Waals surface area (Å²) in [5.74, 6) is 0. The Hall–Kier alpha value is -2.12. The molecule has 0 heterocycles. The lowest BCUT2D eigenvalue weighted by molar-refractivity contribution is 0.125. The van der Waals surface area contributed by atoms with E-state index >= 15 is 0 Å². The first-order chi connectivity index (χ1) is 10.8. The zero-order chi connectivity index (χ0) is 15.6. The minimum atomic E-state index is 0.678. The second-order valence-corrected chi connectivity index (χ2v) is 5.39. The van der Waals surface area contributed by atoms with E-state index in [0.717, 1.165) is 25.9 Å².